The maximum atomic E-state index is 10.7. The van der Waals surface area contributed by atoms with Gasteiger partial charge in [-0.1, -0.05) is 11.6 Å². The Morgan fingerprint density at radius 1 is 1.57 bits per heavy atom. The van der Waals surface area contributed by atoms with Gasteiger partial charge >= 0.3 is 5.97 Å². The van der Waals surface area contributed by atoms with E-state index in [9.17, 15) is 4.79 Å². The molecule has 0 aromatic rings. The average molecular weight is 195 g/mol. The summed E-state index contributed by atoms with van der Waals surface area (Å²) >= 11 is 0. The second-order valence-corrected chi connectivity index (χ2v) is 4.35. The van der Waals surface area contributed by atoms with Gasteiger partial charge in [0.2, 0.25) is 0 Å². The average Bonchev–Trinajstić information content (AvgIpc) is 2.50. The van der Waals surface area contributed by atoms with Gasteiger partial charge in [-0.05, 0) is 44.6 Å². The van der Waals surface area contributed by atoms with Crippen molar-refractivity contribution >= 4 is 5.97 Å². The molecule has 0 radical (unpaired) electrons. The highest BCUT2D eigenvalue weighted by Gasteiger charge is 2.28. The molecule has 1 aliphatic carbocycles. The van der Waals surface area contributed by atoms with Crippen LogP contribution < -0.4 is 5.32 Å². The molecule has 1 aliphatic heterocycles. The third-order valence-corrected chi connectivity index (χ3v) is 3.26. The molecule has 2 N–H and O–H groups in total. The van der Waals surface area contributed by atoms with Crippen LogP contribution in [0.2, 0.25) is 0 Å². The van der Waals surface area contributed by atoms with Crippen LogP contribution in [0.4, 0.5) is 0 Å². The first-order chi connectivity index (χ1) is 6.75. The Labute approximate surface area is 84.2 Å². The quantitative estimate of drug-likeness (QED) is 0.672. The molecule has 0 bridgehead atoms. The molecule has 2 atom stereocenters. The zero-order chi connectivity index (χ0) is 9.97. The number of allylic oxidation sites excluding steroid dienone is 2. The minimum absolute atomic E-state index is 0.306. The van der Waals surface area contributed by atoms with Gasteiger partial charge in [0.25, 0.3) is 0 Å². The third-order valence-electron chi connectivity index (χ3n) is 3.26. The Balaban J connectivity index is 1.75. The van der Waals surface area contributed by atoms with Crippen molar-refractivity contribution in [2.24, 2.45) is 5.92 Å². The number of hydrogen-bond donors (Lipinski definition) is 2. The molecule has 2 rings (SSSR count). The maximum absolute atomic E-state index is 10.7. The molecule has 0 amide bonds. The molecular weight excluding hydrogens is 178 g/mol. The highest BCUT2D eigenvalue weighted by atomic mass is 16.4. The van der Waals surface area contributed by atoms with E-state index < -0.39 is 5.97 Å². The van der Waals surface area contributed by atoms with Crippen LogP contribution in [0, 0.1) is 5.92 Å². The Kier molecular flexibility index (Phi) is 2.87. The van der Waals surface area contributed by atoms with Crippen molar-refractivity contribution < 1.29 is 9.90 Å². The topological polar surface area (TPSA) is 49.3 Å². The number of carboxylic acid groups (broad SMARTS) is 1. The highest BCUT2D eigenvalue weighted by Crippen LogP contribution is 2.27. The van der Waals surface area contributed by atoms with Gasteiger partial charge in [0.15, 0.2) is 0 Å². The third kappa shape index (κ3) is 2.15. The summed E-state index contributed by atoms with van der Waals surface area (Å²) in [4.78, 5) is 10.7. The summed E-state index contributed by atoms with van der Waals surface area (Å²) in [5.74, 6) is -0.173. The minimum atomic E-state index is -0.705. The van der Waals surface area contributed by atoms with Crippen LogP contribution in [0.1, 0.15) is 32.1 Å². The molecule has 78 valence electrons. The second kappa shape index (κ2) is 4.13. The molecule has 1 saturated heterocycles. The van der Waals surface area contributed by atoms with Crippen LogP contribution in [0.3, 0.4) is 0 Å². The first kappa shape index (κ1) is 9.71. The van der Waals surface area contributed by atoms with E-state index in [1.807, 2.05) is 0 Å². The van der Waals surface area contributed by atoms with Crippen LogP contribution in [-0.2, 0) is 4.79 Å². The summed E-state index contributed by atoms with van der Waals surface area (Å²) in [5.41, 5.74) is 1.57. The Morgan fingerprint density at radius 3 is 2.86 bits per heavy atom. The summed E-state index contributed by atoms with van der Waals surface area (Å²) in [6.07, 6.45) is 8.04. The van der Waals surface area contributed by atoms with Crippen molar-refractivity contribution in [1.29, 1.82) is 0 Å². The molecule has 14 heavy (non-hydrogen) atoms. The van der Waals surface area contributed by atoms with Crippen molar-refractivity contribution in [2.45, 2.75) is 38.1 Å². The van der Waals surface area contributed by atoms with Crippen molar-refractivity contribution in [3.63, 3.8) is 0 Å². The van der Waals surface area contributed by atoms with E-state index in [0.29, 0.717) is 5.92 Å². The zero-order valence-corrected chi connectivity index (χ0v) is 8.33. The molecule has 3 heteroatoms. The molecular formula is C11H17NO2. The van der Waals surface area contributed by atoms with Crippen molar-refractivity contribution in [2.75, 3.05) is 6.54 Å². The second-order valence-electron chi connectivity index (χ2n) is 4.35. The highest BCUT2D eigenvalue weighted by molar-refractivity contribution is 5.73. The van der Waals surface area contributed by atoms with Gasteiger partial charge in [0, 0.05) is 0 Å². The first-order valence-electron chi connectivity index (χ1n) is 5.40. The number of carboxylic acids is 1. The summed E-state index contributed by atoms with van der Waals surface area (Å²) in [5, 5.41) is 11.8. The van der Waals surface area contributed by atoms with E-state index in [0.717, 1.165) is 19.4 Å². The molecule has 1 saturated carbocycles. The number of carbonyl (C=O) groups is 1. The van der Waals surface area contributed by atoms with Crippen LogP contribution in [0.5, 0.6) is 0 Å². The van der Waals surface area contributed by atoms with E-state index in [4.69, 9.17) is 5.11 Å². The fraction of sp³-hybridized carbons (Fsp3) is 0.727. The number of hydrogen-bond acceptors (Lipinski definition) is 2. The molecule has 2 fully saturated rings. The molecule has 3 nitrogen and oxygen atoms in total. The van der Waals surface area contributed by atoms with Gasteiger partial charge in [0.05, 0.1) is 0 Å². The summed E-state index contributed by atoms with van der Waals surface area (Å²) in [6.45, 7) is 0.862. The SMILES string of the molecule is O=C(O)C1CC(CC=C2CCC2)CN1. The summed E-state index contributed by atoms with van der Waals surface area (Å²) in [7, 11) is 0. The Hall–Kier alpha value is -0.830. The van der Waals surface area contributed by atoms with E-state index in [1.165, 1.54) is 19.3 Å². The van der Waals surface area contributed by atoms with Crippen LogP contribution in [0.15, 0.2) is 11.6 Å². The monoisotopic (exact) mass is 195 g/mol. The largest absolute Gasteiger partial charge is 0.480 e. The first-order valence-corrected chi connectivity index (χ1v) is 5.40. The van der Waals surface area contributed by atoms with Gasteiger partial charge in [0.1, 0.15) is 6.04 Å². The fourth-order valence-electron chi connectivity index (χ4n) is 2.09. The fourth-order valence-corrected chi connectivity index (χ4v) is 2.09. The van der Waals surface area contributed by atoms with Crippen LogP contribution in [-0.4, -0.2) is 23.7 Å². The normalized spacial score (nSPS) is 31.3. The lowest BCUT2D eigenvalue weighted by atomic mass is 9.89. The summed E-state index contributed by atoms with van der Waals surface area (Å²) < 4.78 is 0. The maximum Gasteiger partial charge on any atom is 0.320 e. The van der Waals surface area contributed by atoms with Crippen LogP contribution in [0.25, 0.3) is 0 Å². The smallest absolute Gasteiger partial charge is 0.320 e. The Morgan fingerprint density at radius 2 is 2.36 bits per heavy atom. The van der Waals surface area contributed by atoms with Crippen molar-refractivity contribution in [1.82, 2.24) is 5.32 Å². The molecule has 1 heterocycles. The molecule has 2 aliphatic rings. The molecule has 0 aromatic carbocycles. The van der Waals surface area contributed by atoms with Gasteiger partial charge in [-0.2, -0.15) is 0 Å². The Bertz CT molecular complexity index is 254. The van der Waals surface area contributed by atoms with Gasteiger partial charge < -0.3 is 10.4 Å². The lowest BCUT2D eigenvalue weighted by Crippen LogP contribution is -2.29. The van der Waals surface area contributed by atoms with E-state index in [-0.39, 0.29) is 6.04 Å². The number of aliphatic carboxylic acids is 1. The minimum Gasteiger partial charge on any atom is -0.480 e. The summed E-state index contributed by atoms with van der Waals surface area (Å²) in [6, 6.07) is -0.306. The van der Waals surface area contributed by atoms with Gasteiger partial charge in [-0.25, -0.2) is 0 Å². The number of rotatable bonds is 3. The van der Waals surface area contributed by atoms with Crippen LogP contribution >= 0.6 is 0 Å². The molecule has 0 aromatic heterocycles. The van der Waals surface area contributed by atoms with Gasteiger partial charge in [-0.15, -0.1) is 0 Å². The van der Waals surface area contributed by atoms with E-state index >= 15 is 0 Å². The van der Waals surface area contributed by atoms with Gasteiger partial charge in [-0.3, -0.25) is 4.79 Å². The lowest BCUT2D eigenvalue weighted by Gasteiger charge is -2.16. The van der Waals surface area contributed by atoms with Crippen molar-refractivity contribution in [3.05, 3.63) is 11.6 Å². The predicted octanol–water partition coefficient (Wildman–Crippen LogP) is 1.55. The molecule has 0 spiro atoms. The predicted molar refractivity (Wildman–Crippen MR) is 54.1 cm³/mol. The number of nitrogens with one attached hydrogen (secondary N) is 1. The van der Waals surface area contributed by atoms with E-state index in [2.05, 4.69) is 11.4 Å². The lowest BCUT2D eigenvalue weighted by molar-refractivity contribution is -0.139. The molecule has 2 unspecified atom stereocenters. The standard InChI is InChI=1S/C11H17NO2/c13-11(14)10-6-9(7-12-10)5-4-8-2-1-3-8/h4,9-10,12H,1-3,5-7H2,(H,13,14). The zero-order valence-electron chi connectivity index (χ0n) is 8.33. The van der Waals surface area contributed by atoms with E-state index in [1.54, 1.807) is 5.57 Å². The van der Waals surface area contributed by atoms with Crippen molar-refractivity contribution in [3.8, 4) is 0 Å².